The van der Waals surface area contributed by atoms with Gasteiger partial charge in [-0.05, 0) is 42.3 Å². The van der Waals surface area contributed by atoms with E-state index in [0.717, 1.165) is 5.69 Å². The van der Waals surface area contributed by atoms with E-state index in [1.54, 1.807) is 18.0 Å². The number of anilines is 1. The second-order valence-electron chi connectivity index (χ2n) is 7.99. The zero-order chi connectivity index (χ0) is 20.6. The molecule has 152 valence electrons. The van der Waals surface area contributed by atoms with Crippen molar-refractivity contribution in [1.29, 1.82) is 0 Å². The highest BCUT2D eigenvalue weighted by molar-refractivity contribution is 7.80. The van der Waals surface area contributed by atoms with Crippen LogP contribution in [0.2, 0.25) is 0 Å². The van der Waals surface area contributed by atoms with Crippen molar-refractivity contribution in [3.8, 4) is 0 Å². The second-order valence-corrected chi connectivity index (χ2v) is 8.38. The van der Waals surface area contributed by atoms with Gasteiger partial charge in [0.05, 0.1) is 24.1 Å². The highest BCUT2D eigenvalue weighted by Gasteiger charge is 2.54. The standard InChI is InChI=1S/C21H29N3O3S/c1-5-10-23(4)20(27)15-11-16(25)19(26)17-18(15)24(21(28)22-17)14-8-6-13(7-9-14)12(2)3/h5-9,12,15-19,25-26H,1,10-11H2,2-4H3,(H,22,28). The number of carbonyl (C=O) groups excluding carboxylic acids is 1. The number of fused-ring (bicyclic) bond motifs is 1. The Balaban J connectivity index is 1.97. The van der Waals surface area contributed by atoms with Crippen LogP contribution in [0.25, 0.3) is 0 Å². The summed E-state index contributed by atoms with van der Waals surface area (Å²) in [5.41, 5.74) is 2.10. The lowest BCUT2D eigenvalue weighted by Gasteiger charge is -2.42. The summed E-state index contributed by atoms with van der Waals surface area (Å²) >= 11 is 5.55. The third-order valence-corrected chi connectivity index (χ3v) is 6.09. The average molecular weight is 404 g/mol. The number of aliphatic hydroxyl groups excluding tert-OH is 2. The molecule has 1 aliphatic heterocycles. The molecular formula is C21H29N3O3S. The first kappa shape index (κ1) is 20.8. The summed E-state index contributed by atoms with van der Waals surface area (Å²) in [6, 6.07) is 7.24. The highest BCUT2D eigenvalue weighted by atomic mass is 32.1. The molecule has 7 heteroatoms. The summed E-state index contributed by atoms with van der Waals surface area (Å²) in [6.07, 6.45) is -0.112. The van der Waals surface area contributed by atoms with Crippen LogP contribution in [-0.2, 0) is 4.79 Å². The van der Waals surface area contributed by atoms with Gasteiger partial charge in [0.2, 0.25) is 5.91 Å². The minimum atomic E-state index is -0.989. The van der Waals surface area contributed by atoms with Gasteiger partial charge in [0, 0.05) is 19.3 Å². The number of likely N-dealkylation sites (N-methyl/N-ethyl adjacent to an activating group) is 1. The molecule has 1 heterocycles. The molecule has 1 aliphatic carbocycles. The molecule has 0 bridgehead atoms. The lowest BCUT2D eigenvalue weighted by atomic mass is 9.77. The molecular weight excluding hydrogens is 374 g/mol. The van der Waals surface area contributed by atoms with Gasteiger partial charge in [-0.3, -0.25) is 4.79 Å². The maximum Gasteiger partial charge on any atom is 0.227 e. The molecule has 0 radical (unpaired) electrons. The number of hydrogen-bond donors (Lipinski definition) is 3. The molecule has 5 atom stereocenters. The number of benzene rings is 1. The number of nitrogens with one attached hydrogen (secondary N) is 1. The predicted molar refractivity (Wildman–Crippen MR) is 114 cm³/mol. The Bertz CT molecular complexity index is 752. The van der Waals surface area contributed by atoms with Crippen LogP contribution in [0.3, 0.4) is 0 Å². The van der Waals surface area contributed by atoms with Gasteiger partial charge in [-0.2, -0.15) is 0 Å². The highest BCUT2D eigenvalue weighted by Crippen LogP contribution is 2.37. The minimum Gasteiger partial charge on any atom is -0.390 e. The molecule has 0 aromatic heterocycles. The molecule has 0 spiro atoms. The summed E-state index contributed by atoms with van der Waals surface area (Å²) in [5, 5.41) is 24.5. The number of rotatable bonds is 5. The van der Waals surface area contributed by atoms with E-state index in [1.165, 1.54) is 5.56 Å². The van der Waals surface area contributed by atoms with E-state index in [-0.39, 0.29) is 18.4 Å². The van der Waals surface area contributed by atoms with Gasteiger partial charge in [0.1, 0.15) is 6.10 Å². The number of carbonyl (C=O) groups is 1. The van der Waals surface area contributed by atoms with Gasteiger partial charge in [-0.15, -0.1) is 6.58 Å². The van der Waals surface area contributed by atoms with E-state index in [4.69, 9.17) is 12.2 Å². The summed E-state index contributed by atoms with van der Waals surface area (Å²) in [4.78, 5) is 16.6. The zero-order valence-corrected chi connectivity index (χ0v) is 17.4. The topological polar surface area (TPSA) is 76.0 Å². The number of thiocarbonyl (C=S) groups is 1. The van der Waals surface area contributed by atoms with E-state index < -0.39 is 24.2 Å². The van der Waals surface area contributed by atoms with Crippen LogP contribution in [0.15, 0.2) is 36.9 Å². The first-order chi connectivity index (χ1) is 13.3. The van der Waals surface area contributed by atoms with E-state index in [2.05, 4.69) is 37.9 Å². The molecule has 1 amide bonds. The van der Waals surface area contributed by atoms with E-state index in [9.17, 15) is 15.0 Å². The van der Waals surface area contributed by atoms with Crippen LogP contribution in [0.4, 0.5) is 5.69 Å². The van der Waals surface area contributed by atoms with Gasteiger partial charge < -0.3 is 25.3 Å². The SMILES string of the molecule is C=CCN(C)C(=O)C1CC(O)C(O)C2NC(=S)N(c3ccc(C(C)C)cc3)C12. The Morgan fingerprint density at radius 2 is 2.04 bits per heavy atom. The third kappa shape index (κ3) is 3.66. The van der Waals surface area contributed by atoms with Crippen LogP contribution in [-0.4, -0.2) is 64.0 Å². The smallest absolute Gasteiger partial charge is 0.227 e. The molecule has 2 aliphatic rings. The van der Waals surface area contributed by atoms with Crippen molar-refractivity contribution in [2.24, 2.45) is 5.92 Å². The van der Waals surface area contributed by atoms with Crippen molar-refractivity contribution in [1.82, 2.24) is 10.2 Å². The maximum atomic E-state index is 13.1. The normalized spacial score (nSPS) is 29.4. The van der Waals surface area contributed by atoms with Gasteiger partial charge in [-0.25, -0.2) is 0 Å². The van der Waals surface area contributed by atoms with E-state index >= 15 is 0 Å². The number of nitrogens with zero attached hydrogens (tertiary/aromatic N) is 2. The molecule has 6 nitrogen and oxygen atoms in total. The first-order valence-electron chi connectivity index (χ1n) is 9.68. The van der Waals surface area contributed by atoms with Crippen LogP contribution in [0.1, 0.15) is 31.7 Å². The van der Waals surface area contributed by atoms with Gasteiger partial charge in [-0.1, -0.05) is 32.1 Å². The summed E-state index contributed by atoms with van der Waals surface area (Å²) in [6.45, 7) is 8.38. The van der Waals surface area contributed by atoms with Crippen LogP contribution >= 0.6 is 12.2 Å². The Morgan fingerprint density at radius 1 is 1.39 bits per heavy atom. The van der Waals surface area contributed by atoms with Gasteiger partial charge in [0.15, 0.2) is 5.11 Å². The monoisotopic (exact) mass is 403 g/mol. The number of amides is 1. The molecule has 28 heavy (non-hydrogen) atoms. The van der Waals surface area contributed by atoms with E-state index in [1.807, 2.05) is 17.0 Å². The molecule has 3 rings (SSSR count). The molecule has 2 fully saturated rings. The predicted octanol–water partition coefficient (Wildman–Crippen LogP) is 1.63. The van der Waals surface area contributed by atoms with Crippen LogP contribution in [0, 0.1) is 5.92 Å². The second kappa shape index (κ2) is 8.19. The molecule has 1 aromatic carbocycles. The van der Waals surface area contributed by atoms with Crippen molar-refractivity contribution in [2.45, 2.75) is 50.5 Å². The maximum absolute atomic E-state index is 13.1. The fraction of sp³-hybridized carbons (Fsp3) is 0.524. The number of hydrogen-bond acceptors (Lipinski definition) is 4. The molecule has 1 saturated heterocycles. The molecule has 1 aromatic rings. The van der Waals surface area contributed by atoms with Crippen molar-refractivity contribution < 1.29 is 15.0 Å². The van der Waals surface area contributed by atoms with Crippen molar-refractivity contribution in [3.05, 3.63) is 42.5 Å². The summed E-state index contributed by atoms with van der Waals surface area (Å²) in [5.74, 6) is -0.166. The summed E-state index contributed by atoms with van der Waals surface area (Å²) < 4.78 is 0. The van der Waals surface area contributed by atoms with Gasteiger partial charge >= 0.3 is 0 Å². The first-order valence-corrected chi connectivity index (χ1v) is 10.1. The molecule has 5 unspecified atom stereocenters. The Hall–Kier alpha value is -1.96. The number of aliphatic hydroxyl groups is 2. The largest absolute Gasteiger partial charge is 0.390 e. The lowest BCUT2D eigenvalue weighted by molar-refractivity contribution is -0.139. The lowest BCUT2D eigenvalue weighted by Crippen LogP contribution is -2.61. The van der Waals surface area contributed by atoms with Gasteiger partial charge in [0.25, 0.3) is 0 Å². The molecule has 1 saturated carbocycles. The average Bonchev–Trinajstić information content (AvgIpc) is 3.01. The Morgan fingerprint density at radius 3 is 2.61 bits per heavy atom. The van der Waals surface area contributed by atoms with Crippen LogP contribution in [0.5, 0.6) is 0 Å². The van der Waals surface area contributed by atoms with Crippen molar-refractivity contribution in [2.75, 3.05) is 18.5 Å². The summed E-state index contributed by atoms with van der Waals surface area (Å²) in [7, 11) is 1.72. The zero-order valence-electron chi connectivity index (χ0n) is 16.6. The quantitative estimate of drug-likeness (QED) is 0.513. The molecule has 3 N–H and O–H groups in total. The fourth-order valence-corrected chi connectivity index (χ4v) is 4.58. The Labute approximate surface area is 171 Å². The minimum absolute atomic E-state index is 0.0869. The van der Waals surface area contributed by atoms with Crippen molar-refractivity contribution >= 4 is 28.9 Å². The third-order valence-electron chi connectivity index (χ3n) is 5.78. The van der Waals surface area contributed by atoms with Crippen LogP contribution < -0.4 is 10.2 Å². The Kier molecular flexibility index (Phi) is 6.07. The fourth-order valence-electron chi connectivity index (χ4n) is 4.21. The van der Waals surface area contributed by atoms with E-state index in [0.29, 0.717) is 17.6 Å². The van der Waals surface area contributed by atoms with Crippen molar-refractivity contribution in [3.63, 3.8) is 0 Å².